The molecule has 2 aromatic rings. The summed E-state index contributed by atoms with van der Waals surface area (Å²) in [7, 11) is 0. The first-order valence-electron chi connectivity index (χ1n) is 5.19. The Labute approximate surface area is 93.9 Å². The third kappa shape index (κ3) is 1.82. The molecular weight excluding hydrogens is 204 g/mol. The van der Waals surface area contributed by atoms with E-state index in [4.69, 9.17) is 9.84 Å². The minimum absolute atomic E-state index is 0.0196. The molecule has 2 N–H and O–H groups in total. The maximum atomic E-state index is 9.90. The van der Waals surface area contributed by atoms with Crippen LogP contribution in [0.1, 0.15) is 5.56 Å². The lowest BCUT2D eigenvalue weighted by Gasteiger charge is -2.11. The van der Waals surface area contributed by atoms with Crippen molar-refractivity contribution in [3.8, 4) is 11.5 Å². The van der Waals surface area contributed by atoms with Crippen LogP contribution in [0.2, 0.25) is 0 Å². The lowest BCUT2D eigenvalue weighted by Crippen LogP contribution is -2.02. The van der Waals surface area contributed by atoms with Crippen molar-refractivity contribution in [3.05, 3.63) is 35.9 Å². The van der Waals surface area contributed by atoms with Crippen molar-refractivity contribution < 1.29 is 14.9 Å². The number of ether oxygens (including phenoxy) is 1. The summed E-state index contributed by atoms with van der Waals surface area (Å²) in [6, 6.07) is 9.29. The van der Waals surface area contributed by atoms with E-state index in [1.807, 2.05) is 31.2 Å². The van der Waals surface area contributed by atoms with Crippen LogP contribution < -0.4 is 4.74 Å². The largest absolute Gasteiger partial charge is 0.507 e. The Hall–Kier alpha value is -1.74. The number of aliphatic hydroxyl groups excluding tert-OH is 1. The minimum atomic E-state index is -0.0196. The first kappa shape index (κ1) is 10.8. The van der Waals surface area contributed by atoms with Gasteiger partial charge in [0.15, 0.2) is 0 Å². The van der Waals surface area contributed by atoms with Gasteiger partial charge in [0.25, 0.3) is 0 Å². The molecule has 16 heavy (non-hydrogen) atoms. The number of aryl methyl sites for hydroxylation is 1. The summed E-state index contributed by atoms with van der Waals surface area (Å²) in [5.41, 5.74) is 0.770. The number of hydrogen-bond donors (Lipinski definition) is 2. The number of aliphatic hydroxyl groups is 1. The number of benzene rings is 2. The molecule has 0 amide bonds. The average Bonchev–Trinajstić information content (AvgIpc) is 2.32. The normalized spacial score (nSPS) is 10.6. The second-order valence-electron chi connectivity index (χ2n) is 3.66. The Bertz CT molecular complexity index is 506. The first-order valence-corrected chi connectivity index (χ1v) is 5.19. The molecule has 0 heterocycles. The van der Waals surface area contributed by atoms with Crippen molar-refractivity contribution in [2.24, 2.45) is 0 Å². The average molecular weight is 218 g/mol. The van der Waals surface area contributed by atoms with Crippen LogP contribution in [0, 0.1) is 6.92 Å². The summed E-state index contributed by atoms with van der Waals surface area (Å²) in [5.74, 6) is 0.979. The van der Waals surface area contributed by atoms with Crippen molar-refractivity contribution in [1.29, 1.82) is 0 Å². The van der Waals surface area contributed by atoms with E-state index in [0.29, 0.717) is 5.75 Å². The Morgan fingerprint density at radius 3 is 2.56 bits per heavy atom. The lowest BCUT2D eigenvalue weighted by molar-refractivity contribution is 0.202. The van der Waals surface area contributed by atoms with E-state index in [1.54, 1.807) is 6.07 Å². The monoisotopic (exact) mass is 218 g/mol. The highest BCUT2D eigenvalue weighted by Crippen LogP contribution is 2.35. The van der Waals surface area contributed by atoms with Crippen LogP contribution in [0.3, 0.4) is 0 Å². The molecule has 0 aromatic heterocycles. The number of fused-ring (bicyclic) bond motifs is 1. The predicted molar refractivity (Wildman–Crippen MR) is 62.9 cm³/mol. The fraction of sp³-hybridized carbons (Fsp3) is 0.231. The second-order valence-corrected chi connectivity index (χ2v) is 3.66. The molecule has 0 spiro atoms. The standard InChI is InChI=1S/C13H14O3/c1-9-8-12(16-7-6-14)10-4-2-3-5-11(10)13(9)15/h2-5,8,14-15H,6-7H2,1H3. The number of rotatable bonds is 3. The molecule has 0 aliphatic heterocycles. The van der Waals surface area contributed by atoms with E-state index in [9.17, 15) is 5.11 Å². The van der Waals surface area contributed by atoms with E-state index >= 15 is 0 Å². The summed E-state index contributed by atoms with van der Waals surface area (Å²) in [5, 5.41) is 20.3. The van der Waals surface area contributed by atoms with Gasteiger partial charge in [0.1, 0.15) is 18.1 Å². The molecular formula is C13H14O3. The molecule has 0 radical (unpaired) electrons. The van der Waals surface area contributed by atoms with E-state index in [1.165, 1.54) is 0 Å². The Morgan fingerprint density at radius 1 is 1.19 bits per heavy atom. The van der Waals surface area contributed by atoms with Crippen LogP contribution in [0.5, 0.6) is 11.5 Å². The van der Waals surface area contributed by atoms with E-state index in [2.05, 4.69) is 0 Å². The fourth-order valence-corrected chi connectivity index (χ4v) is 1.73. The molecule has 0 saturated carbocycles. The summed E-state index contributed by atoms with van der Waals surface area (Å²) in [4.78, 5) is 0. The highest BCUT2D eigenvalue weighted by Gasteiger charge is 2.08. The maximum Gasteiger partial charge on any atom is 0.127 e. The molecule has 0 saturated heterocycles. The summed E-state index contributed by atoms with van der Waals surface area (Å²) >= 11 is 0. The zero-order chi connectivity index (χ0) is 11.5. The fourth-order valence-electron chi connectivity index (χ4n) is 1.73. The van der Waals surface area contributed by atoms with Gasteiger partial charge in [0.2, 0.25) is 0 Å². The van der Waals surface area contributed by atoms with Gasteiger partial charge in [-0.25, -0.2) is 0 Å². The molecule has 0 fully saturated rings. The molecule has 2 rings (SSSR count). The molecule has 84 valence electrons. The maximum absolute atomic E-state index is 9.90. The molecule has 0 unspecified atom stereocenters. The molecule has 0 aliphatic rings. The smallest absolute Gasteiger partial charge is 0.127 e. The van der Waals surface area contributed by atoms with Crippen molar-refractivity contribution in [1.82, 2.24) is 0 Å². The highest BCUT2D eigenvalue weighted by molar-refractivity contribution is 5.94. The SMILES string of the molecule is Cc1cc(OCCO)c2ccccc2c1O. The molecule has 3 heteroatoms. The van der Waals surface area contributed by atoms with Gasteiger partial charge < -0.3 is 14.9 Å². The van der Waals surface area contributed by atoms with E-state index in [-0.39, 0.29) is 19.0 Å². The van der Waals surface area contributed by atoms with E-state index < -0.39 is 0 Å². The predicted octanol–water partition coefficient (Wildman–Crippen LogP) is 2.22. The van der Waals surface area contributed by atoms with Crippen LogP contribution in [0.25, 0.3) is 10.8 Å². The number of hydrogen-bond acceptors (Lipinski definition) is 3. The quantitative estimate of drug-likeness (QED) is 0.830. The number of aromatic hydroxyl groups is 1. The topological polar surface area (TPSA) is 49.7 Å². The van der Waals surface area contributed by atoms with Crippen LogP contribution in [0.4, 0.5) is 0 Å². The zero-order valence-corrected chi connectivity index (χ0v) is 9.10. The van der Waals surface area contributed by atoms with Gasteiger partial charge in [0.05, 0.1) is 6.61 Å². The van der Waals surface area contributed by atoms with Gasteiger partial charge in [-0.15, -0.1) is 0 Å². The lowest BCUT2D eigenvalue weighted by atomic mass is 10.1. The van der Waals surface area contributed by atoms with Gasteiger partial charge >= 0.3 is 0 Å². The second kappa shape index (κ2) is 4.41. The van der Waals surface area contributed by atoms with E-state index in [0.717, 1.165) is 16.3 Å². The minimum Gasteiger partial charge on any atom is -0.507 e. The van der Waals surface area contributed by atoms with Gasteiger partial charge in [-0.2, -0.15) is 0 Å². The zero-order valence-electron chi connectivity index (χ0n) is 9.10. The van der Waals surface area contributed by atoms with Crippen molar-refractivity contribution >= 4 is 10.8 Å². The van der Waals surface area contributed by atoms with Gasteiger partial charge in [-0.3, -0.25) is 0 Å². The summed E-state index contributed by atoms with van der Waals surface area (Å²) < 4.78 is 5.44. The number of phenols is 1. The van der Waals surface area contributed by atoms with Crippen LogP contribution in [0.15, 0.2) is 30.3 Å². The Morgan fingerprint density at radius 2 is 1.88 bits per heavy atom. The Kier molecular flexibility index (Phi) is 2.97. The van der Waals surface area contributed by atoms with Gasteiger partial charge in [-0.05, 0) is 18.6 Å². The van der Waals surface area contributed by atoms with Crippen molar-refractivity contribution in [2.75, 3.05) is 13.2 Å². The summed E-state index contributed by atoms with van der Waals surface area (Å²) in [6.45, 7) is 2.07. The third-order valence-electron chi connectivity index (χ3n) is 2.52. The van der Waals surface area contributed by atoms with Crippen LogP contribution in [-0.4, -0.2) is 23.4 Å². The third-order valence-corrected chi connectivity index (χ3v) is 2.52. The molecule has 0 aliphatic carbocycles. The molecule has 0 atom stereocenters. The van der Waals surface area contributed by atoms with Crippen LogP contribution >= 0.6 is 0 Å². The molecule has 2 aromatic carbocycles. The molecule has 0 bridgehead atoms. The Balaban J connectivity index is 2.60. The van der Waals surface area contributed by atoms with Crippen molar-refractivity contribution in [2.45, 2.75) is 6.92 Å². The summed E-state index contributed by atoms with van der Waals surface area (Å²) in [6.07, 6.45) is 0. The van der Waals surface area contributed by atoms with Gasteiger partial charge in [0, 0.05) is 10.8 Å². The first-order chi connectivity index (χ1) is 7.74. The highest BCUT2D eigenvalue weighted by atomic mass is 16.5. The van der Waals surface area contributed by atoms with Gasteiger partial charge in [-0.1, -0.05) is 24.3 Å². The van der Waals surface area contributed by atoms with Crippen molar-refractivity contribution in [3.63, 3.8) is 0 Å². The van der Waals surface area contributed by atoms with Crippen LogP contribution in [-0.2, 0) is 0 Å². The number of phenolic OH excluding ortho intramolecular Hbond substituents is 1. The molecule has 3 nitrogen and oxygen atoms in total.